The van der Waals surface area contributed by atoms with Crippen LogP contribution in [-0.2, 0) is 28.6 Å². The molecule has 0 aromatic heterocycles. The number of carbonyl (C=O) groups is 3. The van der Waals surface area contributed by atoms with Gasteiger partial charge in [0.15, 0.2) is 0 Å². The van der Waals surface area contributed by atoms with Crippen LogP contribution in [0.2, 0.25) is 0 Å². The first-order valence-corrected chi connectivity index (χ1v) is 24.5. The molecule has 336 valence electrons. The summed E-state index contributed by atoms with van der Waals surface area (Å²) in [6, 6.07) is 0. The average molecular weight is 808 g/mol. The Morgan fingerprint density at radius 2 is 0.860 bits per heavy atom. The predicted molar refractivity (Wildman–Crippen MR) is 238 cm³/mol. The van der Waals surface area contributed by atoms with Gasteiger partial charge in [0.1, 0.15) is 19.3 Å². The molecule has 1 aliphatic rings. The molecule has 3 atom stereocenters. The Balaban J connectivity index is 2.71. The molecule has 9 nitrogen and oxygen atoms in total. The lowest BCUT2D eigenvalue weighted by molar-refractivity contribution is -0.151. The van der Waals surface area contributed by atoms with Gasteiger partial charge in [0.2, 0.25) is 0 Å². The molecule has 3 unspecified atom stereocenters. The van der Waals surface area contributed by atoms with E-state index in [1.54, 1.807) is 0 Å². The Bertz CT molecular complexity index is 916. The molecule has 0 amide bonds. The van der Waals surface area contributed by atoms with Crippen molar-refractivity contribution in [2.45, 2.75) is 208 Å². The molecule has 0 spiro atoms. The van der Waals surface area contributed by atoms with Crippen molar-refractivity contribution in [2.75, 3.05) is 72.1 Å². The van der Waals surface area contributed by atoms with Gasteiger partial charge in [0.25, 0.3) is 0 Å². The second-order valence-corrected chi connectivity index (χ2v) is 17.1. The summed E-state index contributed by atoms with van der Waals surface area (Å²) in [5, 5.41) is 0. The molecule has 1 heterocycles. The summed E-state index contributed by atoms with van der Waals surface area (Å²) < 4.78 is 17.9. The maximum atomic E-state index is 13.2. The topological polar surface area (TPSA) is 88.6 Å². The lowest BCUT2D eigenvalue weighted by Gasteiger charge is -2.35. The van der Waals surface area contributed by atoms with E-state index in [1.165, 1.54) is 57.8 Å². The van der Waals surface area contributed by atoms with E-state index >= 15 is 0 Å². The van der Waals surface area contributed by atoms with Crippen molar-refractivity contribution in [2.24, 2.45) is 11.8 Å². The van der Waals surface area contributed by atoms with Crippen molar-refractivity contribution in [3.05, 3.63) is 0 Å². The van der Waals surface area contributed by atoms with Gasteiger partial charge in [-0.05, 0) is 44.9 Å². The zero-order valence-electron chi connectivity index (χ0n) is 38.5. The molecule has 0 aromatic rings. The highest BCUT2D eigenvalue weighted by atomic mass is 16.5. The molecule has 0 N–H and O–H groups in total. The van der Waals surface area contributed by atoms with Gasteiger partial charge in [-0.15, -0.1) is 0 Å². The van der Waals surface area contributed by atoms with Crippen molar-refractivity contribution in [3.8, 4) is 0 Å². The van der Waals surface area contributed by atoms with E-state index in [9.17, 15) is 14.4 Å². The first kappa shape index (κ1) is 53.3. The number of piperazine rings is 1. The molecule has 1 saturated heterocycles. The fraction of sp³-hybridized carbons (Fsp3) is 0.938. The molecule has 57 heavy (non-hydrogen) atoms. The van der Waals surface area contributed by atoms with Crippen LogP contribution in [0.1, 0.15) is 202 Å². The van der Waals surface area contributed by atoms with Crippen LogP contribution in [0.4, 0.5) is 0 Å². The zero-order valence-corrected chi connectivity index (χ0v) is 38.5. The van der Waals surface area contributed by atoms with E-state index in [0.29, 0.717) is 32.7 Å². The Morgan fingerprint density at radius 1 is 0.474 bits per heavy atom. The Morgan fingerprint density at radius 3 is 1.32 bits per heavy atom. The maximum Gasteiger partial charge on any atom is 0.308 e. The van der Waals surface area contributed by atoms with Crippen LogP contribution >= 0.6 is 0 Å². The van der Waals surface area contributed by atoms with E-state index in [4.69, 9.17) is 14.2 Å². The van der Waals surface area contributed by atoms with Crippen LogP contribution in [0.25, 0.3) is 0 Å². The highest BCUT2D eigenvalue weighted by Gasteiger charge is 2.23. The first-order valence-electron chi connectivity index (χ1n) is 24.5. The van der Waals surface area contributed by atoms with Crippen LogP contribution in [0.5, 0.6) is 0 Å². The van der Waals surface area contributed by atoms with Gasteiger partial charge in [0, 0.05) is 58.9 Å². The molecular formula is C48H93N3O6. The van der Waals surface area contributed by atoms with E-state index < -0.39 is 0 Å². The van der Waals surface area contributed by atoms with Crippen LogP contribution in [0.15, 0.2) is 0 Å². The monoisotopic (exact) mass is 808 g/mol. The molecular weight excluding hydrogens is 715 g/mol. The van der Waals surface area contributed by atoms with Crippen LogP contribution < -0.4 is 0 Å². The molecule has 0 aliphatic carbocycles. The zero-order chi connectivity index (χ0) is 41.8. The van der Waals surface area contributed by atoms with Crippen molar-refractivity contribution < 1.29 is 28.6 Å². The Labute approximate surface area is 352 Å². The molecule has 0 radical (unpaired) electrons. The number of ether oxygens (including phenoxy) is 3. The highest BCUT2D eigenvalue weighted by molar-refractivity contribution is 5.72. The lowest BCUT2D eigenvalue weighted by atomic mass is 9.95. The summed E-state index contributed by atoms with van der Waals surface area (Å²) in [5.41, 5.74) is 0. The Kier molecular flexibility index (Phi) is 34.9. The van der Waals surface area contributed by atoms with Crippen LogP contribution in [-0.4, -0.2) is 111 Å². The minimum absolute atomic E-state index is 0.00946. The normalized spacial score (nSPS) is 15.4. The maximum absolute atomic E-state index is 13.2. The lowest BCUT2D eigenvalue weighted by Crippen LogP contribution is -2.49. The molecule has 0 aromatic carbocycles. The number of hydrogen-bond donors (Lipinski definition) is 0. The molecule has 9 heteroatoms. The number of rotatable bonds is 39. The number of esters is 3. The smallest absolute Gasteiger partial charge is 0.308 e. The number of carbonyl (C=O) groups excluding carboxylic acids is 3. The van der Waals surface area contributed by atoms with Crippen molar-refractivity contribution in [3.63, 3.8) is 0 Å². The third-order valence-corrected chi connectivity index (χ3v) is 12.0. The summed E-state index contributed by atoms with van der Waals surface area (Å²) >= 11 is 0. The van der Waals surface area contributed by atoms with Gasteiger partial charge < -0.3 is 19.1 Å². The van der Waals surface area contributed by atoms with Crippen molar-refractivity contribution in [1.82, 2.24) is 14.7 Å². The largest absolute Gasteiger partial charge is 0.464 e. The van der Waals surface area contributed by atoms with Gasteiger partial charge in [-0.3, -0.25) is 24.2 Å². The van der Waals surface area contributed by atoms with Gasteiger partial charge >= 0.3 is 17.9 Å². The van der Waals surface area contributed by atoms with E-state index in [-0.39, 0.29) is 35.8 Å². The molecule has 0 saturated carbocycles. The predicted octanol–water partition coefficient (Wildman–Crippen LogP) is 11.0. The Hall–Kier alpha value is -1.71. The van der Waals surface area contributed by atoms with Gasteiger partial charge in [0.05, 0.1) is 18.3 Å². The van der Waals surface area contributed by atoms with Gasteiger partial charge in [-0.2, -0.15) is 0 Å². The van der Waals surface area contributed by atoms with Crippen LogP contribution in [0, 0.1) is 11.8 Å². The second kappa shape index (κ2) is 37.3. The molecule has 1 rings (SSSR count). The number of nitrogens with zero attached hydrogens (tertiary/aromatic N) is 3. The molecule has 1 aliphatic heterocycles. The van der Waals surface area contributed by atoms with Gasteiger partial charge in [-0.25, -0.2) is 0 Å². The third kappa shape index (κ3) is 28.4. The van der Waals surface area contributed by atoms with E-state index in [1.807, 2.05) is 0 Å². The van der Waals surface area contributed by atoms with Crippen molar-refractivity contribution in [1.29, 1.82) is 0 Å². The second-order valence-electron chi connectivity index (χ2n) is 17.1. The fourth-order valence-electron chi connectivity index (χ4n) is 7.92. The summed E-state index contributed by atoms with van der Waals surface area (Å²) in [7, 11) is 0. The van der Waals surface area contributed by atoms with Gasteiger partial charge in [-0.1, -0.05) is 151 Å². The minimum Gasteiger partial charge on any atom is -0.464 e. The summed E-state index contributed by atoms with van der Waals surface area (Å²) in [4.78, 5) is 46.5. The van der Waals surface area contributed by atoms with Crippen LogP contribution in [0.3, 0.4) is 0 Å². The quantitative estimate of drug-likeness (QED) is 0.0342. The summed E-state index contributed by atoms with van der Waals surface area (Å²) in [6.45, 7) is 21.5. The third-order valence-electron chi connectivity index (χ3n) is 12.0. The molecule has 1 fully saturated rings. The summed E-state index contributed by atoms with van der Waals surface area (Å²) in [6.07, 6.45) is 26.8. The molecule has 0 bridgehead atoms. The van der Waals surface area contributed by atoms with E-state index in [0.717, 1.165) is 142 Å². The average Bonchev–Trinajstić information content (AvgIpc) is 3.22. The number of unbranched alkanes of at least 4 members (excludes halogenated alkanes) is 12. The SMILES string of the molecule is CCCCCCC(CCCC)OC(=O)CCN1CCN(CCN(CCOC(=O)C(CCCC)CCCCCC)CCOC(=O)C(CCCC)CCCCCC)CC1. The number of hydrogen-bond acceptors (Lipinski definition) is 9. The first-order chi connectivity index (χ1) is 27.8. The summed E-state index contributed by atoms with van der Waals surface area (Å²) in [5.74, 6) is -0.157. The van der Waals surface area contributed by atoms with Crippen molar-refractivity contribution >= 4 is 17.9 Å². The highest BCUT2D eigenvalue weighted by Crippen LogP contribution is 2.21. The standard InChI is InChI=1S/C48H93N3O6/c1-7-13-19-22-27-43(25-16-10-4)47(53)55-41-39-51(40-42-56-48(54)44(26-17-11-5)28-23-20-14-8-2)38-37-50-35-33-49(34-36-50)32-31-46(52)57-45(29-18-12-6)30-24-21-15-9-3/h43-45H,7-42H2,1-6H3. The van der Waals surface area contributed by atoms with E-state index in [2.05, 4.69) is 56.2 Å². The minimum atomic E-state index is -0.0487. The fourth-order valence-corrected chi connectivity index (χ4v) is 7.92.